The molecule has 27 heavy (non-hydrogen) atoms. The number of aryl methyl sites for hydroxylation is 1. The summed E-state index contributed by atoms with van der Waals surface area (Å²) in [4.78, 5) is 17.4. The Hall–Kier alpha value is -1.84. The van der Waals surface area contributed by atoms with Crippen molar-refractivity contribution in [3.8, 4) is 0 Å². The third-order valence-corrected chi connectivity index (χ3v) is 5.46. The largest absolute Gasteiger partial charge is 0.309 e. The van der Waals surface area contributed by atoms with Crippen LogP contribution in [0.25, 0.3) is 0 Å². The van der Waals surface area contributed by atoms with Crippen molar-refractivity contribution in [2.24, 2.45) is 0 Å². The fourth-order valence-corrected chi connectivity index (χ4v) is 4.11. The molecule has 3 nitrogen and oxygen atoms in total. The number of rotatable bonds is 6. The van der Waals surface area contributed by atoms with E-state index in [0.29, 0.717) is 6.42 Å². The molecule has 0 unspecified atom stereocenters. The highest BCUT2D eigenvalue weighted by Crippen LogP contribution is 2.26. The Bertz CT molecular complexity index is 768. The number of halogens is 1. The van der Waals surface area contributed by atoms with Crippen LogP contribution in [-0.4, -0.2) is 29.9 Å². The molecule has 1 aliphatic heterocycles. The first-order chi connectivity index (χ1) is 13.1. The molecule has 4 heteroatoms. The highest BCUT2D eigenvalue weighted by atomic mass is 35.5. The van der Waals surface area contributed by atoms with E-state index in [0.717, 1.165) is 49.6 Å². The zero-order chi connectivity index (χ0) is 19.2. The maximum Gasteiger partial charge on any atom is 0.227 e. The van der Waals surface area contributed by atoms with Gasteiger partial charge in [0, 0.05) is 42.8 Å². The molecule has 1 saturated heterocycles. The summed E-state index contributed by atoms with van der Waals surface area (Å²) in [6.07, 6.45) is 3.50. The Labute approximate surface area is 167 Å². The van der Waals surface area contributed by atoms with Gasteiger partial charge in [0.15, 0.2) is 0 Å². The predicted molar refractivity (Wildman–Crippen MR) is 113 cm³/mol. The van der Waals surface area contributed by atoms with Crippen molar-refractivity contribution in [3.63, 3.8) is 0 Å². The van der Waals surface area contributed by atoms with Crippen LogP contribution in [0, 0.1) is 6.92 Å². The van der Waals surface area contributed by atoms with Gasteiger partial charge in [0.1, 0.15) is 0 Å². The minimum absolute atomic E-state index is 0.247. The zero-order valence-corrected chi connectivity index (χ0v) is 17.1. The van der Waals surface area contributed by atoms with Crippen LogP contribution in [-0.2, 0) is 11.3 Å². The summed E-state index contributed by atoms with van der Waals surface area (Å²) in [7, 11) is 0. The maximum atomic E-state index is 12.9. The maximum absolute atomic E-state index is 12.9. The summed E-state index contributed by atoms with van der Waals surface area (Å²) in [6.45, 7) is 7.07. The Morgan fingerprint density at radius 2 is 1.89 bits per heavy atom. The highest BCUT2D eigenvalue weighted by molar-refractivity contribution is 6.30. The smallest absolute Gasteiger partial charge is 0.227 e. The van der Waals surface area contributed by atoms with Crippen molar-refractivity contribution >= 4 is 23.2 Å². The minimum atomic E-state index is 0.247. The molecule has 2 aromatic carbocycles. The summed E-state index contributed by atoms with van der Waals surface area (Å²) < 4.78 is 0. The van der Waals surface area contributed by atoms with Gasteiger partial charge >= 0.3 is 0 Å². The van der Waals surface area contributed by atoms with Gasteiger partial charge in [-0.3, -0.25) is 9.69 Å². The number of likely N-dealkylation sites (tertiary alicyclic amines) is 1. The van der Waals surface area contributed by atoms with Crippen molar-refractivity contribution < 1.29 is 4.79 Å². The fourth-order valence-electron chi connectivity index (χ4n) is 3.90. The van der Waals surface area contributed by atoms with E-state index in [4.69, 9.17) is 11.6 Å². The molecule has 0 saturated carbocycles. The SMILES string of the molecule is CCCC(=O)N(c1cccc(C)c1)C1CCN(Cc2cccc(Cl)c2)CC1. The topological polar surface area (TPSA) is 23.6 Å². The van der Waals surface area contributed by atoms with E-state index in [-0.39, 0.29) is 11.9 Å². The van der Waals surface area contributed by atoms with Gasteiger partial charge < -0.3 is 4.90 Å². The van der Waals surface area contributed by atoms with Gasteiger partial charge in [-0.15, -0.1) is 0 Å². The third kappa shape index (κ3) is 5.33. The lowest BCUT2D eigenvalue weighted by molar-refractivity contribution is -0.119. The Morgan fingerprint density at radius 1 is 1.15 bits per heavy atom. The van der Waals surface area contributed by atoms with E-state index in [1.165, 1.54) is 11.1 Å². The normalized spacial score (nSPS) is 15.7. The molecule has 0 aromatic heterocycles. The molecule has 1 amide bonds. The van der Waals surface area contributed by atoms with Crippen molar-refractivity contribution in [1.82, 2.24) is 4.90 Å². The zero-order valence-electron chi connectivity index (χ0n) is 16.3. The number of amides is 1. The lowest BCUT2D eigenvalue weighted by Crippen LogP contribution is -2.47. The summed E-state index contributed by atoms with van der Waals surface area (Å²) in [5.41, 5.74) is 3.49. The van der Waals surface area contributed by atoms with E-state index < -0.39 is 0 Å². The number of carbonyl (C=O) groups is 1. The Morgan fingerprint density at radius 3 is 2.56 bits per heavy atom. The van der Waals surface area contributed by atoms with Crippen LogP contribution in [0.2, 0.25) is 5.02 Å². The number of nitrogens with zero attached hydrogens (tertiary/aromatic N) is 2. The molecule has 144 valence electrons. The lowest BCUT2D eigenvalue weighted by Gasteiger charge is -2.39. The Kier molecular flexibility index (Phi) is 6.92. The third-order valence-electron chi connectivity index (χ3n) is 5.23. The van der Waals surface area contributed by atoms with Crippen molar-refractivity contribution in [1.29, 1.82) is 0 Å². The molecule has 0 spiro atoms. The average molecular weight is 385 g/mol. The number of benzene rings is 2. The summed E-state index contributed by atoms with van der Waals surface area (Å²) in [6, 6.07) is 16.7. The summed E-state index contributed by atoms with van der Waals surface area (Å²) >= 11 is 6.11. The molecule has 1 fully saturated rings. The highest BCUT2D eigenvalue weighted by Gasteiger charge is 2.28. The van der Waals surface area contributed by atoms with Crippen LogP contribution < -0.4 is 4.90 Å². The van der Waals surface area contributed by atoms with Gasteiger partial charge in [-0.2, -0.15) is 0 Å². The number of carbonyl (C=O) groups excluding carboxylic acids is 1. The van der Waals surface area contributed by atoms with Gasteiger partial charge in [0.05, 0.1) is 0 Å². The number of anilines is 1. The van der Waals surface area contributed by atoms with Crippen LogP contribution in [0.3, 0.4) is 0 Å². The molecule has 0 aliphatic carbocycles. The molecule has 0 radical (unpaired) electrons. The quantitative estimate of drug-likeness (QED) is 0.661. The van der Waals surface area contributed by atoms with Crippen molar-refractivity contribution in [3.05, 3.63) is 64.7 Å². The number of hydrogen-bond donors (Lipinski definition) is 0. The van der Waals surface area contributed by atoms with Gasteiger partial charge in [-0.25, -0.2) is 0 Å². The molecule has 1 heterocycles. The Balaban J connectivity index is 1.68. The second-order valence-corrected chi connectivity index (χ2v) is 7.93. The van der Waals surface area contributed by atoms with Crippen LogP contribution >= 0.6 is 11.6 Å². The molecule has 1 aliphatic rings. The van der Waals surface area contributed by atoms with E-state index in [2.05, 4.69) is 47.9 Å². The first-order valence-electron chi connectivity index (χ1n) is 9.92. The van der Waals surface area contributed by atoms with Gasteiger partial charge in [0.2, 0.25) is 5.91 Å². The van der Waals surface area contributed by atoms with Gasteiger partial charge in [-0.1, -0.05) is 42.8 Å². The molecule has 0 N–H and O–H groups in total. The second-order valence-electron chi connectivity index (χ2n) is 7.49. The molecule has 2 aromatic rings. The van der Waals surface area contributed by atoms with Crippen molar-refractivity contribution in [2.45, 2.75) is 52.1 Å². The first-order valence-corrected chi connectivity index (χ1v) is 10.3. The van der Waals surface area contributed by atoms with Crippen LogP contribution in [0.15, 0.2) is 48.5 Å². The standard InChI is InChI=1S/C23H29ClN2O/c1-3-6-23(27)26(22-10-4-7-18(2)15-22)21-11-13-25(14-12-21)17-19-8-5-9-20(24)16-19/h4-5,7-10,15-16,21H,3,6,11-14,17H2,1-2H3. The van der Waals surface area contributed by atoms with E-state index in [9.17, 15) is 4.79 Å². The van der Waals surface area contributed by atoms with Crippen LogP contribution in [0.5, 0.6) is 0 Å². The van der Waals surface area contributed by atoms with E-state index in [1.807, 2.05) is 24.3 Å². The van der Waals surface area contributed by atoms with Gasteiger partial charge in [-0.05, 0) is 61.6 Å². The van der Waals surface area contributed by atoms with E-state index in [1.54, 1.807) is 0 Å². The number of piperidine rings is 1. The summed E-state index contributed by atoms with van der Waals surface area (Å²) in [5, 5.41) is 0.790. The molecule has 0 atom stereocenters. The van der Waals surface area contributed by atoms with E-state index >= 15 is 0 Å². The van der Waals surface area contributed by atoms with Crippen molar-refractivity contribution in [2.75, 3.05) is 18.0 Å². The van der Waals surface area contributed by atoms with Crippen LogP contribution in [0.1, 0.15) is 43.7 Å². The molecular formula is C23H29ClN2O. The number of hydrogen-bond acceptors (Lipinski definition) is 2. The average Bonchev–Trinajstić information content (AvgIpc) is 2.64. The predicted octanol–water partition coefficient (Wildman–Crippen LogP) is 5.45. The first kappa shape index (κ1) is 19.9. The minimum Gasteiger partial charge on any atom is -0.309 e. The fraction of sp³-hybridized carbons (Fsp3) is 0.435. The monoisotopic (exact) mass is 384 g/mol. The molecular weight excluding hydrogens is 356 g/mol. The second kappa shape index (κ2) is 9.38. The van der Waals surface area contributed by atoms with Crippen LogP contribution in [0.4, 0.5) is 5.69 Å². The van der Waals surface area contributed by atoms with Gasteiger partial charge in [0.25, 0.3) is 0 Å². The summed E-state index contributed by atoms with van der Waals surface area (Å²) in [5.74, 6) is 0.247. The lowest BCUT2D eigenvalue weighted by atomic mass is 10.0. The molecule has 0 bridgehead atoms. The molecule has 3 rings (SSSR count).